The summed E-state index contributed by atoms with van der Waals surface area (Å²) in [4.78, 5) is 36.8. The van der Waals surface area contributed by atoms with Crippen LogP contribution in [0.1, 0.15) is 11.1 Å². The van der Waals surface area contributed by atoms with E-state index in [1.807, 2.05) is 0 Å². The van der Waals surface area contributed by atoms with Gasteiger partial charge in [0.1, 0.15) is 11.6 Å². The van der Waals surface area contributed by atoms with E-state index in [9.17, 15) is 18.8 Å². The van der Waals surface area contributed by atoms with Crippen LogP contribution in [-0.2, 0) is 16.9 Å². The van der Waals surface area contributed by atoms with Crippen molar-refractivity contribution in [3.8, 4) is 5.75 Å². The quantitative estimate of drug-likeness (QED) is 0.811. The number of aromatic nitrogens is 1. The number of methoxy groups -OCH3 is 1. The molecule has 0 saturated carbocycles. The molecule has 130 valence electrons. The molecule has 1 aromatic heterocycles. The van der Waals surface area contributed by atoms with Crippen molar-refractivity contribution in [3.05, 3.63) is 63.8 Å². The van der Waals surface area contributed by atoms with Gasteiger partial charge in [0, 0.05) is 17.3 Å². The van der Waals surface area contributed by atoms with Gasteiger partial charge in [-0.1, -0.05) is 6.07 Å². The first-order valence-corrected chi connectivity index (χ1v) is 7.51. The van der Waals surface area contributed by atoms with Gasteiger partial charge in [-0.2, -0.15) is 0 Å². The lowest BCUT2D eigenvalue weighted by atomic mass is 9.88. The van der Waals surface area contributed by atoms with Crippen molar-refractivity contribution in [1.29, 1.82) is 0 Å². The molecule has 0 radical (unpaired) electrons. The van der Waals surface area contributed by atoms with Gasteiger partial charge in [-0.3, -0.25) is 14.9 Å². The molecule has 8 heteroatoms. The predicted molar refractivity (Wildman–Crippen MR) is 86.7 cm³/mol. The van der Waals surface area contributed by atoms with Gasteiger partial charge in [0.25, 0.3) is 11.5 Å². The Bertz CT molecular complexity index is 924. The van der Waals surface area contributed by atoms with Crippen LogP contribution in [0, 0.1) is 12.7 Å². The maximum atomic E-state index is 13.8. The second-order valence-corrected chi connectivity index (χ2v) is 5.78. The highest BCUT2D eigenvalue weighted by atomic mass is 19.1. The Morgan fingerprint density at radius 3 is 2.64 bits per heavy atom. The molecule has 7 nitrogen and oxygen atoms in total. The molecule has 0 aliphatic carbocycles. The fourth-order valence-corrected chi connectivity index (χ4v) is 2.93. The van der Waals surface area contributed by atoms with Crippen molar-refractivity contribution in [3.63, 3.8) is 0 Å². The minimum atomic E-state index is -1.66. The Balaban J connectivity index is 2.21. The molecule has 2 aromatic rings. The number of nitrogens with one attached hydrogen (secondary N) is 2. The summed E-state index contributed by atoms with van der Waals surface area (Å²) in [6.07, 6.45) is 1.50. The zero-order chi connectivity index (χ0) is 18.2. The van der Waals surface area contributed by atoms with Crippen molar-refractivity contribution in [1.82, 2.24) is 15.2 Å². The predicted octanol–water partition coefficient (Wildman–Crippen LogP) is 1.04. The molecule has 1 unspecified atom stereocenters. The highest BCUT2D eigenvalue weighted by molar-refractivity contribution is 6.07. The maximum Gasteiger partial charge on any atom is 0.322 e. The number of rotatable bonds is 4. The average Bonchev–Trinajstić information content (AvgIpc) is 2.86. The number of carbonyl (C=O) groups is 2. The van der Waals surface area contributed by atoms with E-state index in [0.717, 1.165) is 6.07 Å². The highest BCUT2D eigenvalue weighted by Crippen LogP contribution is 2.34. The lowest BCUT2D eigenvalue weighted by Gasteiger charge is -2.29. The molecule has 1 atom stereocenters. The molecule has 3 amide bonds. The molecule has 2 heterocycles. The normalized spacial score (nSPS) is 19.5. The Morgan fingerprint density at radius 1 is 1.24 bits per heavy atom. The van der Waals surface area contributed by atoms with Crippen LogP contribution < -0.4 is 20.9 Å². The number of carbonyl (C=O) groups excluding carboxylic acids is 2. The molecule has 1 aromatic carbocycles. The number of hydrogen-bond donors (Lipinski definition) is 2. The molecule has 1 aliphatic heterocycles. The molecule has 1 saturated heterocycles. The number of nitrogens with zero attached hydrogens (tertiary/aromatic N) is 1. The average molecular weight is 345 g/mol. The zero-order valence-electron chi connectivity index (χ0n) is 13.6. The SMILES string of the molecule is COc1ccc(F)cc1C1(Cn2cccc(C)c2=O)NC(=O)NC1=O. The van der Waals surface area contributed by atoms with Gasteiger partial charge in [0.15, 0.2) is 5.54 Å². The minimum absolute atomic E-state index is 0.131. The molecule has 1 fully saturated rings. The summed E-state index contributed by atoms with van der Waals surface area (Å²) in [5.74, 6) is -1.06. The second kappa shape index (κ2) is 6.04. The lowest BCUT2D eigenvalue weighted by molar-refractivity contribution is -0.124. The van der Waals surface area contributed by atoms with Crippen LogP contribution in [0.4, 0.5) is 9.18 Å². The summed E-state index contributed by atoms with van der Waals surface area (Å²) in [7, 11) is 1.37. The van der Waals surface area contributed by atoms with Gasteiger partial charge < -0.3 is 14.6 Å². The largest absolute Gasteiger partial charge is 0.496 e. The fraction of sp³-hybridized carbons (Fsp3) is 0.235. The van der Waals surface area contributed by atoms with Crippen molar-refractivity contribution < 1.29 is 18.7 Å². The van der Waals surface area contributed by atoms with Crippen molar-refractivity contribution in [2.75, 3.05) is 7.11 Å². The van der Waals surface area contributed by atoms with E-state index in [1.165, 1.54) is 30.0 Å². The highest BCUT2D eigenvalue weighted by Gasteiger charge is 2.50. The van der Waals surface area contributed by atoms with E-state index in [1.54, 1.807) is 19.1 Å². The number of aryl methyl sites for hydroxylation is 1. The summed E-state index contributed by atoms with van der Waals surface area (Å²) in [5.41, 5.74) is -1.37. The number of imide groups is 1. The van der Waals surface area contributed by atoms with Gasteiger partial charge in [-0.05, 0) is 31.2 Å². The second-order valence-electron chi connectivity index (χ2n) is 5.78. The van der Waals surface area contributed by atoms with Crippen LogP contribution in [0.25, 0.3) is 0 Å². The van der Waals surface area contributed by atoms with Crippen molar-refractivity contribution in [2.24, 2.45) is 0 Å². The molecular formula is C17H16FN3O4. The third-order valence-electron chi connectivity index (χ3n) is 4.18. The number of pyridine rings is 1. The van der Waals surface area contributed by atoms with E-state index in [0.29, 0.717) is 5.56 Å². The molecular weight excluding hydrogens is 329 g/mol. The van der Waals surface area contributed by atoms with Crippen LogP contribution in [0.5, 0.6) is 5.75 Å². The number of hydrogen-bond acceptors (Lipinski definition) is 4. The minimum Gasteiger partial charge on any atom is -0.496 e. The Morgan fingerprint density at radius 2 is 2.00 bits per heavy atom. The zero-order valence-corrected chi connectivity index (χ0v) is 13.6. The molecule has 2 N–H and O–H groups in total. The summed E-state index contributed by atoms with van der Waals surface area (Å²) in [6, 6.07) is 6.23. The van der Waals surface area contributed by atoms with Gasteiger partial charge in [0.05, 0.1) is 13.7 Å². The standard InChI is InChI=1S/C17H16FN3O4/c1-10-4-3-7-21(14(10)22)9-17(15(23)19-16(24)20-17)12-8-11(18)5-6-13(12)25-2/h3-8H,9H2,1-2H3,(H2,19,20,23,24). The fourth-order valence-electron chi connectivity index (χ4n) is 2.93. The van der Waals surface area contributed by atoms with Gasteiger partial charge in [-0.15, -0.1) is 0 Å². The molecule has 25 heavy (non-hydrogen) atoms. The summed E-state index contributed by atoms with van der Waals surface area (Å²) >= 11 is 0. The monoisotopic (exact) mass is 345 g/mol. The summed E-state index contributed by atoms with van der Waals surface area (Å²) in [5, 5.41) is 4.67. The Hall–Kier alpha value is -3.16. The maximum absolute atomic E-state index is 13.8. The van der Waals surface area contributed by atoms with E-state index in [4.69, 9.17) is 4.74 Å². The molecule has 1 aliphatic rings. The Kier molecular flexibility index (Phi) is 4.03. The first-order chi connectivity index (χ1) is 11.9. The number of halogens is 1. The Labute approximate surface area is 142 Å². The third kappa shape index (κ3) is 2.75. The topological polar surface area (TPSA) is 89.4 Å². The smallest absolute Gasteiger partial charge is 0.322 e. The van der Waals surface area contributed by atoms with E-state index >= 15 is 0 Å². The number of ether oxygens (including phenoxy) is 1. The molecule has 0 spiro atoms. The van der Waals surface area contributed by atoms with Crippen molar-refractivity contribution in [2.45, 2.75) is 19.0 Å². The number of urea groups is 1. The number of amides is 3. The van der Waals surface area contributed by atoms with Gasteiger partial charge >= 0.3 is 6.03 Å². The first-order valence-electron chi connectivity index (χ1n) is 7.51. The van der Waals surface area contributed by atoms with Crippen LogP contribution >= 0.6 is 0 Å². The molecule has 3 rings (SSSR count). The van der Waals surface area contributed by atoms with Gasteiger partial charge in [0.2, 0.25) is 0 Å². The third-order valence-corrected chi connectivity index (χ3v) is 4.18. The van der Waals surface area contributed by atoms with E-state index in [-0.39, 0.29) is 23.4 Å². The van der Waals surface area contributed by atoms with Crippen LogP contribution in [0.3, 0.4) is 0 Å². The van der Waals surface area contributed by atoms with E-state index < -0.39 is 23.3 Å². The van der Waals surface area contributed by atoms with Crippen LogP contribution in [0.15, 0.2) is 41.3 Å². The van der Waals surface area contributed by atoms with Crippen LogP contribution in [-0.4, -0.2) is 23.6 Å². The van der Waals surface area contributed by atoms with E-state index in [2.05, 4.69) is 10.6 Å². The first kappa shape index (κ1) is 16.7. The van der Waals surface area contributed by atoms with Crippen molar-refractivity contribution >= 4 is 11.9 Å². The summed E-state index contributed by atoms with van der Waals surface area (Å²) < 4.78 is 20.4. The van der Waals surface area contributed by atoms with Gasteiger partial charge in [-0.25, -0.2) is 9.18 Å². The molecule has 0 bridgehead atoms. The summed E-state index contributed by atoms with van der Waals surface area (Å²) in [6.45, 7) is 1.44. The number of benzene rings is 1. The lowest BCUT2D eigenvalue weighted by Crippen LogP contribution is -2.49. The van der Waals surface area contributed by atoms with Crippen LogP contribution in [0.2, 0.25) is 0 Å².